The lowest BCUT2D eigenvalue weighted by Crippen LogP contribution is -2.49. The number of hydrogen-bond acceptors (Lipinski definition) is 3. The monoisotopic (exact) mass is 450 g/mol. The Morgan fingerprint density at radius 2 is 1.77 bits per heavy atom. The molecule has 1 N–H and O–H groups in total. The lowest BCUT2D eigenvalue weighted by molar-refractivity contribution is -0.142. The highest BCUT2D eigenvalue weighted by Gasteiger charge is 2.26. The molecule has 0 saturated heterocycles. The van der Waals surface area contributed by atoms with Crippen LogP contribution in [0.5, 0.6) is 5.75 Å². The zero-order chi connectivity index (χ0) is 22.3. The molecule has 1 unspecified atom stereocenters. The highest BCUT2D eigenvalue weighted by molar-refractivity contribution is 6.42. The van der Waals surface area contributed by atoms with Gasteiger partial charge in [-0.05, 0) is 49.1 Å². The van der Waals surface area contributed by atoms with E-state index in [0.717, 1.165) is 11.1 Å². The number of ether oxygens (including phenoxy) is 1. The Morgan fingerprint density at radius 1 is 1.07 bits per heavy atom. The first-order chi connectivity index (χ1) is 14.2. The van der Waals surface area contributed by atoms with Crippen LogP contribution in [0.1, 0.15) is 31.9 Å². The van der Waals surface area contributed by atoms with E-state index < -0.39 is 6.04 Å². The number of nitrogens with one attached hydrogen (secondary N) is 1. The molecular weight excluding hydrogens is 423 g/mol. The van der Waals surface area contributed by atoms with Crippen LogP contribution in [0.2, 0.25) is 10.0 Å². The Kier molecular flexibility index (Phi) is 9.00. The summed E-state index contributed by atoms with van der Waals surface area (Å²) >= 11 is 12.1. The van der Waals surface area contributed by atoms with Gasteiger partial charge in [0.05, 0.1) is 10.0 Å². The number of amides is 2. The summed E-state index contributed by atoms with van der Waals surface area (Å²) in [5, 5.41) is 3.72. The normalized spacial score (nSPS) is 11.8. The number of rotatable bonds is 9. The molecule has 162 valence electrons. The average Bonchev–Trinajstić information content (AvgIpc) is 2.71. The second-order valence-electron chi connectivity index (χ2n) is 7.64. The van der Waals surface area contributed by atoms with Crippen molar-refractivity contribution in [2.24, 2.45) is 5.92 Å². The van der Waals surface area contributed by atoms with E-state index in [1.54, 1.807) is 25.1 Å². The Balaban J connectivity index is 2.18. The van der Waals surface area contributed by atoms with Gasteiger partial charge in [0.1, 0.15) is 11.8 Å². The molecule has 5 nitrogen and oxygen atoms in total. The summed E-state index contributed by atoms with van der Waals surface area (Å²) in [6.07, 6.45) is 0. The van der Waals surface area contributed by atoms with E-state index in [4.69, 9.17) is 27.9 Å². The molecular formula is C23H28Cl2N2O3. The first-order valence-electron chi connectivity index (χ1n) is 9.88. The molecule has 0 aliphatic carbocycles. The first-order valence-corrected chi connectivity index (χ1v) is 10.6. The molecule has 0 aliphatic rings. The Bertz CT molecular complexity index is 887. The number of halogens is 2. The van der Waals surface area contributed by atoms with Crippen LogP contribution < -0.4 is 10.1 Å². The fourth-order valence-corrected chi connectivity index (χ4v) is 3.13. The number of carbonyl (C=O) groups is 2. The Hall–Kier alpha value is -2.24. The molecule has 0 radical (unpaired) electrons. The highest BCUT2D eigenvalue weighted by Crippen LogP contribution is 2.24. The van der Waals surface area contributed by atoms with Crippen LogP contribution in [0.3, 0.4) is 0 Å². The van der Waals surface area contributed by atoms with Crippen LogP contribution in [0, 0.1) is 12.8 Å². The van der Waals surface area contributed by atoms with Crippen molar-refractivity contribution in [3.63, 3.8) is 0 Å². The van der Waals surface area contributed by atoms with Gasteiger partial charge < -0.3 is 15.0 Å². The fourth-order valence-electron chi connectivity index (χ4n) is 2.81. The molecule has 2 amide bonds. The van der Waals surface area contributed by atoms with Gasteiger partial charge in [-0.15, -0.1) is 0 Å². The summed E-state index contributed by atoms with van der Waals surface area (Å²) in [5.41, 5.74) is 1.71. The van der Waals surface area contributed by atoms with Crippen LogP contribution in [0.15, 0.2) is 42.5 Å². The van der Waals surface area contributed by atoms with Crippen molar-refractivity contribution in [1.29, 1.82) is 0 Å². The van der Waals surface area contributed by atoms with Crippen molar-refractivity contribution in [1.82, 2.24) is 10.2 Å². The number of hydrogen-bond donors (Lipinski definition) is 1. The van der Waals surface area contributed by atoms with E-state index in [9.17, 15) is 9.59 Å². The highest BCUT2D eigenvalue weighted by atomic mass is 35.5. The van der Waals surface area contributed by atoms with Crippen LogP contribution in [-0.4, -0.2) is 35.9 Å². The molecule has 2 aromatic rings. The largest absolute Gasteiger partial charge is 0.484 e. The second-order valence-corrected chi connectivity index (χ2v) is 8.45. The van der Waals surface area contributed by atoms with Gasteiger partial charge in [0.25, 0.3) is 5.91 Å². The van der Waals surface area contributed by atoms with Crippen molar-refractivity contribution < 1.29 is 14.3 Å². The quantitative estimate of drug-likeness (QED) is 0.592. The van der Waals surface area contributed by atoms with E-state index in [1.807, 2.05) is 45.0 Å². The van der Waals surface area contributed by atoms with Crippen LogP contribution in [0.4, 0.5) is 0 Å². The van der Waals surface area contributed by atoms with Crippen molar-refractivity contribution in [2.45, 2.75) is 40.3 Å². The number of carbonyl (C=O) groups excluding carboxylic acids is 2. The van der Waals surface area contributed by atoms with Gasteiger partial charge in [0.2, 0.25) is 5.91 Å². The van der Waals surface area contributed by atoms with Gasteiger partial charge in [0, 0.05) is 13.1 Å². The van der Waals surface area contributed by atoms with Gasteiger partial charge in [-0.3, -0.25) is 9.59 Å². The number of benzene rings is 2. The molecule has 0 aliphatic heterocycles. The zero-order valence-electron chi connectivity index (χ0n) is 17.7. The molecule has 0 fully saturated rings. The topological polar surface area (TPSA) is 58.6 Å². The maximum absolute atomic E-state index is 13.0. The summed E-state index contributed by atoms with van der Waals surface area (Å²) < 4.78 is 5.72. The maximum atomic E-state index is 13.0. The fraction of sp³-hybridized carbons (Fsp3) is 0.391. The predicted octanol–water partition coefficient (Wildman–Crippen LogP) is 4.87. The van der Waals surface area contributed by atoms with Gasteiger partial charge in [0.15, 0.2) is 6.61 Å². The van der Waals surface area contributed by atoms with E-state index in [-0.39, 0.29) is 25.0 Å². The molecule has 0 spiro atoms. The summed E-state index contributed by atoms with van der Waals surface area (Å²) in [6, 6.07) is 12.0. The predicted molar refractivity (Wildman–Crippen MR) is 121 cm³/mol. The van der Waals surface area contributed by atoms with Gasteiger partial charge >= 0.3 is 0 Å². The van der Waals surface area contributed by atoms with Crippen LogP contribution in [0.25, 0.3) is 0 Å². The van der Waals surface area contributed by atoms with Crippen LogP contribution in [-0.2, 0) is 16.1 Å². The summed E-state index contributed by atoms with van der Waals surface area (Å²) in [7, 11) is 0. The summed E-state index contributed by atoms with van der Waals surface area (Å²) in [6.45, 7) is 8.22. The minimum Gasteiger partial charge on any atom is -0.484 e. The third kappa shape index (κ3) is 6.92. The van der Waals surface area contributed by atoms with E-state index in [2.05, 4.69) is 5.32 Å². The first kappa shape index (κ1) is 24.0. The molecule has 0 bridgehead atoms. The van der Waals surface area contributed by atoms with Crippen molar-refractivity contribution in [3.8, 4) is 5.75 Å². The smallest absolute Gasteiger partial charge is 0.261 e. The lowest BCUT2D eigenvalue weighted by Gasteiger charge is -2.29. The maximum Gasteiger partial charge on any atom is 0.261 e. The standard InChI is InChI=1S/C23H28Cl2N2O3/c1-15(2)12-26-23(29)17(4)27(13-18-9-10-19(24)20(25)11-18)22(28)14-30-21-8-6-5-7-16(21)3/h5-11,15,17H,12-14H2,1-4H3,(H,26,29). The molecule has 0 heterocycles. The Morgan fingerprint density at radius 3 is 2.40 bits per heavy atom. The molecule has 1 atom stereocenters. The number of nitrogens with zero attached hydrogens (tertiary/aromatic N) is 1. The molecule has 0 saturated carbocycles. The zero-order valence-corrected chi connectivity index (χ0v) is 19.3. The van der Waals surface area contributed by atoms with Gasteiger partial charge in [-0.1, -0.05) is 61.3 Å². The van der Waals surface area contributed by atoms with Crippen molar-refractivity contribution >= 4 is 35.0 Å². The third-order valence-corrected chi connectivity index (χ3v) is 5.37. The number of aryl methyl sites for hydroxylation is 1. The lowest BCUT2D eigenvalue weighted by atomic mass is 10.1. The second kappa shape index (κ2) is 11.2. The third-order valence-electron chi connectivity index (χ3n) is 4.63. The Labute approximate surface area is 188 Å². The average molecular weight is 451 g/mol. The van der Waals surface area contributed by atoms with E-state index >= 15 is 0 Å². The van der Waals surface area contributed by atoms with E-state index in [1.165, 1.54) is 4.90 Å². The summed E-state index contributed by atoms with van der Waals surface area (Å²) in [4.78, 5) is 27.2. The van der Waals surface area contributed by atoms with E-state index in [0.29, 0.717) is 28.3 Å². The van der Waals surface area contributed by atoms with Crippen LogP contribution >= 0.6 is 23.2 Å². The molecule has 2 rings (SSSR count). The van der Waals surface area contributed by atoms with Gasteiger partial charge in [-0.25, -0.2) is 0 Å². The molecule has 2 aromatic carbocycles. The van der Waals surface area contributed by atoms with Gasteiger partial charge in [-0.2, -0.15) is 0 Å². The van der Waals surface area contributed by atoms with Crippen molar-refractivity contribution in [2.75, 3.05) is 13.2 Å². The number of para-hydroxylation sites is 1. The minimum absolute atomic E-state index is 0.173. The minimum atomic E-state index is -0.675. The molecule has 0 aromatic heterocycles. The van der Waals surface area contributed by atoms with Crippen molar-refractivity contribution in [3.05, 3.63) is 63.6 Å². The SMILES string of the molecule is Cc1ccccc1OCC(=O)N(Cc1ccc(Cl)c(Cl)c1)C(C)C(=O)NCC(C)C. The molecule has 30 heavy (non-hydrogen) atoms. The molecule has 7 heteroatoms. The summed E-state index contributed by atoms with van der Waals surface area (Å²) in [5.74, 6) is 0.437.